The standard InChI is InChI=1S/C22H20F4N2O3/c1-29-16-7-3-14(4-8-16)12-28(13-15-5-9-17(30-2)10-6-15)21-18(23)11-19(20(24)27-21)31-22(25)26/h3-11,22H,12-13H2,1-2H3. The number of ether oxygens (including phenoxy) is 3. The first-order valence-electron chi connectivity index (χ1n) is 9.21. The van der Waals surface area contributed by atoms with Gasteiger partial charge in [0.1, 0.15) is 11.5 Å². The summed E-state index contributed by atoms with van der Waals surface area (Å²) in [6.45, 7) is -2.95. The van der Waals surface area contributed by atoms with Crippen LogP contribution in [0.25, 0.3) is 0 Å². The minimum absolute atomic E-state index is 0.175. The van der Waals surface area contributed by atoms with Gasteiger partial charge in [-0.05, 0) is 35.4 Å². The maximum atomic E-state index is 14.7. The SMILES string of the molecule is COc1ccc(CN(Cc2ccc(OC)cc2)c2nc(F)c(OC(F)F)cc2F)cc1. The highest BCUT2D eigenvalue weighted by Crippen LogP contribution is 2.28. The van der Waals surface area contributed by atoms with Gasteiger partial charge in [0.05, 0.1) is 14.2 Å². The second-order valence-electron chi connectivity index (χ2n) is 6.51. The van der Waals surface area contributed by atoms with Crippen molar-refractivity contribution in [3.05, 3.63) is 77.5 Å². The van der Waals surface area contributed by atoms with E-state index in [1.807, 2.05) is 0 Å². The van der Waals surface area contributed by atoms with Crippen LogP contribution in [0.4, 0.5) is 23.4 Å². The minimum atomic E-state index is -3.30. The van der Waals surface area contributed by atoms with Gasteiger partial charge in [0.2, 0.25) is 0 Å². The number of alkyl halides is 2. The predicted molar refractivity (Wildman–Crippen MR) is 107 cm³/mol. The second kappa shape index (κ2) is 10.0. The molecule has 0 spiro atoms. The number of hydrogen-bond donors (Lipinski definition) is 0. The Morgan fingerprint density at radius 1 is 0.839 bits per heavy atom. The van der Waals surface area contributed by atoms with Gasteiger partial charge in [-0.3, -0.25) is 0 Å². The molecule has 0 aliphatic rings. The molecule has 3 rings (SSSR count). The van der Waals surface area contributed by atoms with Crippen molar-refractivity contribution in [2.45, 2.75) is 19.7 Å². The van der Waals surface area contributed by atoms with Crippen molar-refractivity contribution in [2.75, 3.05) is 19.1 Å². The van der Waals surface area contributed by atoms with Crippen molar-refractivity contribution in [1.82, 2.24) is 4.98 Å². The van der Waals surface area contributed by atoms with E-state index in [1.165, 1.54) is 19.1 Å². The van der Waals surface area contributed by atoms with E-state index in [0.29, 0.717) is 17.6 Å². The Kier molecular flexibility index (Phi) is 7.17. The second-order valence-corrected chi connectivity index (χ2v) is 6.51. The van der Waals surface area contributed by atoms with Crippen LogP contribution >= 0.6 is 0 Å². The van der Waals surface area contributed by atoms with Crippen molar-refractivity contribution in [2.24, 2.45) is 0 Å². The molecule has 0 bridgehead atoms. The first-order chi connectivity index (χ1) is 14.9. The molecule has 3 aromatic rings. The molecule has 1 aromatic heterocycles. The summed E-state index contributed by atoms with van der Waals surface area (Å²) in [7, 11) is 3.08. The Bertz CT molecular complexity index is 949. The van der Waals surface area contributed by atoms with Gasteiger partial charge < -0.3 is 19.1 Å². The highest BCUT2D eigenvalue weighted by molar-refractivity contribution is 5.45. The fraction of sp³-hybridized carbons (Fsp3) is 0.227. The molecular weight excluding hydrogens is 416 g/mol. The van der Waals surface area contributed by atoms with Crippen molar-refractivity contribution < 1.29 is 31.8 Å². The summed E-state index contributed by atoms with van der Waals surface area (Å²) in [4.78, 5) is 5.06. The van der Waals surface area contributed by atoms with Gasteiger partial charge in [0, 0.05) is 19.2 Å². The molecule has 0 N–H and O–H groups in total. The lowest BCUT2D eigenvalue weighted by atomic mass is 10.1. The summed E-state index contributed by atoms with van der Waals surface area (Å²) in [5, 5.41) is 0. The molecule has 0 amide bonds. The maximum Gasteiger partial charge on any atom is 0.387 e. The molecule has 0 aliphatic heterocycles. The van der Waals surface area contributed by atoms with Crippen LogP contribution in [-0.4, -0.2) is 25.8 Å². The van der Waals surface area contributed by atoms with Crippen LogP contribution in [-0.2, 0) is 13.1 Å². The molecule has 0 unspecified atom stereocenters. The molecule has 164 valence electrons. The number of anilines is 1. The van der Waals surface area contributed by atoms with Crippen LogP contribution in [0.5, 0.6) is 17.2 Å². The van der Waals surface area contributed by atoms with E-state index in [1.54, 1.807) is 48.5 Å². The number of rotatable bonds is 9. The average Bonchev–Trinajstić information content (AvgIpc) is 2.76. The van der Waals surface area contributed by atoms with E-state index < -0.39 is 24.1 Å². The number of benzene rings is 2. The highest BCUT2D eigenvalue weighted by Gasteiger charge is 2.21. The predicted octanol–water partition coefficient (Wildman–Crippen LogP) is 5.19. The van der Waals surface area contributed by atoms with Crippen LogP contribution in [0.3, 0.4) is 0 Å². The van der Waals surface area contributed by atoms with E-state index in [9.17, 15) is 17.6 Å². The number of aromatic nitrogens is 1. The molecule has 0 fully saturated rings. The Balaban J connectivity index is 1.94. The summed E-state index contributed by atoms with van der Waals surface area (Å²) < 4.78 is 68.1. The fourth-order valence-electron chi connectivity index (χ4n) is 2.95. The van der Waals surface area contributed by atoms with E-state index in [-0.39, 0.29) is 18.9 Å². The van der Waals surface area contributed by atoms with E-state index in [0.717, 1.165) is 11.1 Å². The normalized spacial score (nSPS) is 10.8. The molecular formula is C22H20F4N2O3. The summed E-state index contributed by atoms with van der Waals surface area (Å²) >= 11 is 0. The molecule has 31 heavy (non-hydrogen) atoms. The summed E-state index contributed by atoms with van der Waals surface area (Å²) in [5.41, 5.74) is 1.56. The first-order valence-corrected chi connectivity index (χ1v) is 9.21. The zero-order valence-electron chi connectivity index (χ0n) is 16.8. The molecule has 2 aromatic carbocycles. The molecule has 0 saturated carbocycles. The Morgan fingerprint density at radius 2 is 1.32 bits per heavy atom. The smallest absolute Gasteiger partial charge is 0.387 e. The van der Waals surface area contributed by atoms with Crippen LogP contribution in [0, 0.1) is 11.8 Å². The summed E-state index contributed by atoms with van der Waals surface area (Å²) in [6.07, 6.45) is 0. The average molecular weight is 436 g/mol. The van der Waals surface area contributed by atoms with Crippen molar-refractivity contribution in [3.63, 3.8) is 0 Å². The van der Waals surface area contributed by atoms with Crippen molar-refractivity contribution in [1.29, 1.82) is 0 Å². The van der Waals surface area contributed by atoms with Gasteiger partial charge in [-0.15, -0.1) is 0 Å². The van der Waals surface area contributed by atoms with Crippen molar-refractivity contribution in [3.8, 4) is 17.2 Å². The lowest BCUT2D eigenvalue weighted by molar-refractivity contribution is -0.0528. The van der Waals surface area contributed by atoms with Crippen LogP contribution in [0.1, 0.15) is 11.1 Å². The van der Waals surface area contributed by atoms with Gasteiger partial charge in [-0.1, -0.05) is 24.3 Å². The quantitative estimate of drug-likeness (QED) is 0.341. The Hall–Kier alpha value is -3.49. The number of nitrogens with zero attached hydrogens (tertiary/aromatic N) is 2. The van der Waals surface area contributed by atoms with Crippen LogP contribution < -0.4 is 19.1 Å². The zero-order valence-corrected chi connectivity index (χ0v) is 16.8. The number of hydrogen-bond acceptors (Lipinski definition) is 5. The molecule has 5 nitrogen and oxygen atoms in total. The number of halogens is 4. The lowest BCUT2D eigenvalue weighted by Crippen LogP contribution is -2.25. The monoisotopic (exact) mass is 436 g/mol. The third kappa shape index (κ3) is 5.78. The van der Waals surface area contributed by atoms with E-state index >= 15 is 0 Å². The maximum absolute atomic E-state index is 14.7. The third-order valence-electron chi connectivity index (χ3n) is 4.46. The third-order valence-corrected chi connectivity index (χ3v) is 4.46. The largest absolute Gasteiger partial charge is 0.497 e. The molecule has 0 saturated heterocycles. The van der Waals surface area contributed by atoms with E-state index in [4.69, 9.17) is 9.47 Å². The molecule has 9 heteroatoms. The first kappa shape index (κ1) is 22.2. The number of pyridine rings is 1. The molecule has 0 atom stereocenters. The van der Waals surface area contributed by atoms with Gasteiger partial charge in [0.15, 0.2) is 17.4 Å². The molecule has 0 radical (unpaired) electrons. The van der Waals surface area contributed by atoms with Gasteiger partial charge in [-0.2, -0.15) is 18.2 Å². The Morgan fingerprint density at radius 3 is 1.74 bits per heavy atom. The Labute approximate surface area is 176 Å². The van der Waals surface area contributed by atoms with E-state index in [2.05, 4.69) is 9.72 Å². The van der Waals surface area contributed by atoms with Gasteiger partial charge >= 0.3 is 6.61 Å². The summed E-state index contributed by atoms with van der Waals surface area (Å²) in [5.74, 6) is -2.30. The van der Waals surface area contributed by atoms with Crippen molar-refractivity contribution >= 4 is 5.82 Å². The zero-order chi connectivity index (χ0) is 22.4. The minimum Gasteiger partial charge on any atom is -0.497 e. The fourth-order valence-corrected chi connectivity index (χ4v) is 2.95. The summed E-state index contributed by atoms with van der Waals surface area (Å²) in [6, 6.07) is 14.7. The van der Waals surface area contributed by atoms with Gasteiger partial charge in [-0.25, -0.2) is 4.39 Å². The topological polar surface area (TPSA) is 43.8 Å². The molecule has 1 heterocycles. The number of methoxy groups -OCH3 is 2. The van der Waals surface area contributed by atoms with Crippen LogP contribution in [0.2, 0.25) is 0 Å². The van der Waals surface area contributed by atoms with Gasteiger partial charge in [0.25, 0.3) is 5.95 Å². The lowest BCUT2D eigenvalue weighted by Gasteiger charge is -2.25. The molecule has 0 aliphatic carbocycles. The highest BCUT2D eigenvalue weighted by atomic mass is 19.3. The van der Waals surface area contributed by atoms with Crippen LogP contribution in [0.15, 0.2) is 54.6 Å².